The molecule has 1 N–H and O–H groups in total. The smallest absolute Gasteiger partial charge is 0.371 e. The summed E-state index contributed by atoms with van der Waals surface area (Å²) in [5.41, 5.74) is 0.612. The minimum absolute atomic E-state index is 0.115. The number of carboxylic acid groups (broad SMARTS) is 1. The van der Waals surface area contributed by atoms with E-state index in [1.165, 1.54) is 18.2 Å². The number of hydrogen-bond acceptors (Lipinski definition) is 3. The molecule has 2 aromatic rings. The van der Waals surface area contributed by atoms with Gasteiger partial charge in [-0.3, -0.25) is 0 Å². The first-order valence-electron chi connectivity index (χ1n) is 5.38. The normalized spacial score (nSPS) is 10.5. The number of halogens is 2. The second kappa shape index (κ2) is 5.44. The monoisotopic (exact) mass is 328 g/mol. The molecule has 2 rings (SSSR count). The van der Waals surface area contributed by atoms with Gasteiger partial charge in [-0.2, -0.15) is 0 Å². The minimum Gasteiger partial charge on any atom is -0.489 e. The van der Waals surface area contributed by atoms with E-state index in [-0.39, 0.29) is 12.4 Å². The largest absolute Gasteiger partial charge is 0.489 e. The molecular formula is C13H10BrFO4. The van der Waals surface area contributed by atoms with Gasteiger partial charge in [-0.05, 0) is 41.1 Å². The molecule has 0 aliphatic heterocycles. The van der Waals surface area contributed by atoms with Gasteiger partial charge in [0.15, 0.2) is 0 Å². The standard InChI is InChI=1S/C13H10BrFO4/c1-7-8(4-12(19-7)13(16)17)6-18-9-2-3-10(14)11(15)5-9/h2-5H,6H2,1H3,(H,16,17). The van der Waals surface area contributed by atoms with Crippen LogP contribution in [0.5, 0.6) is 5.75 Å². The van der Waals surface area contributed by atoms with Gasteiger partial charge in [-0.15, -0.1) is 0 Å². The van der Waals surface area contributed by atoms with Crippen molar-refractivity contribution in [2.24, 2.45) is 0 Å². The van der Waals surface area contributed by atoms with Crippen molar-refractivity contribution in [3.8, 4) is 5.75 Å². The average Bonchev–Trinajstić information content (AvgIpc) is 2.73. The summed E-state index contributed by atoms with van der Waals surface area (Å²) < 4.78 is 24.1. The summed E-state index contributed by atoms with van der Waals surface area (Å²) in [6, 6.07) is 5.79. The molecule has 0 amide bonds. The van der Waals surface area contributed by atoms with Crippen molar-refractivity contribution >= 4 is 21.9 Å². The van der Waals surface area contributed by atoms with Gasteiger partial charge in [0.05, 0.1) is 4.47 Å². The van der Waals surface area contributed by atoms with E-state index in [0.717, 1.165) is 0 Å². The van der Waals surface area contributed by atoms with E-state index in [1.54, 1.807) is 13.0 Å². The molecule has 0 saturated carbocycles. The topological polar surface area (TPSA) is 59.7 Å². The molecule has 6 heteroatoms. The fourth-order valence-corrected chi connectivity index (χ4v) is 1.74. The summed E-state index contributed by atoms with van der Waals surface area (Å²) in [4.78, 5) is 10.7. The number of benzene rings is 1. The third-order valence-corrected chi connectivity index (χ3v) is 3.16. The van der Waals surface area contributed by atoms with Crippen LogP contribution in [-0.2, 0) is 6.61 Å². The minimum atomic E-state index is -1.14. The lowest BCUT2D eigenvalue weighted by Gasteiger charge is -2.05. The molecule has 0 radical (unpaired) electrons. The molecule has 0 atom stereocenters. The number of hydrogen-bond donors (Lipinski definition) is 1. The van der Waals surface area contributed by atoms with Crippen LogP contribution in [0.4, 0.5) is 4.39 Å². The zero-order valence-corrected chi connectivity index (χ0v) is 11.5. The first-order valence-corrected chi connectivity index (χ1v) is 6.17. The summed E-state index contributed by atoms with van der Waals surface area (Å²) in [6.07, 6.45) is 0. The number of aryl methyl sites for hydroxylation is 1. The Hall–Kier alpha value is -1.82. The van der Waals surface area contributed by atoms with E-state index < -0.39 is 11.8 Å². The van der Waals surface area contributed by atoms with E-state index in [9.17, 15) is 9.18 Å². The average molecular weight is 329 g/mol. The van der Waals surface area contributed by atoms with E-state index >= 15 is 0 Å². The van der Waals surface area contributed by atoms with Crippen LogP contribution >= 0.6 is 15.9 Å². The molecule has 4 nitrogen and oxygen atoms in total. The predicted molar refractivity (Wildman–Crippen MR) is 68.8 cm³/mol. The quantitative estimate of drug-likeness (QED) is 0.928. The molecule has 100 valence electrons. The lowest BCUT2D eigenvalue weighted by atomic mass is 10.2. The van der Waals surface area contributed by atoms with Gasteiger partial charge in [0, 0.05) is 11.6 Å². The number of ether oxygens (including phenoxy) is 1. The van der Waals surface area contributed by atoms with Crippen LogP contribution in [0.25, 0.3) is 0 Å². The zero-order valence-electron chi connectivity index (χ0n) is 9.94. The fourth-order valence-electron chi connectivity index (χ4n) is 1.50. The van der Waals surface area contributed by atoms with E-state index in [2.05, 4.69) is 15.9 Å². The summed E-state index contributed by atoms with van der Waals surface area (Å²) in [5.74, 6) is -0.872. The van der Waals surface area contributed by atoms with Gasteiger partial charge in [-0.1, -0.05) is 0 Å². The molecule has 1 aromatic heterocycles. The first-order chi connectivity index (χ1) is 8.97. The van der Waals surface area contributed by atoms with Crippen LogP contribution in [0, 0.1) is 12.7 Å². The Balaban J connectivity index is 2.09. The Morgan fingerprint density at radius 1 is 1.47 bits per heavy atom. The van der Waals surface area contributed by atoms with Gasteiger partial charge < -0.3 is 14.3 Å². The molecule has 1 heterocycles. The maximum Gasteiger partial charge on any atom is 0.371 e. The van der Waals surface area contributed by atoms with Crippen molar-refractivity contribution in [1.29, 1.82) is 0 Å². The second-order valence-electron chi connectivity index (χ2n) is 3.86. The summed E-state index contributed by atoms with van der Waals surface area (Å²) >= 11 is 3.05. The van der Waals surface area contributed by atoms with E-state index in [0.29, 0.717) is 21.5 Å². The van der Waals surface area contributed by atoms with Gasteiger partial charge in [-0.25, -0.2) is 9.18 Å². The molecule has 0 spiro atoms. The Kier molecular flexibility index (Phi) is 3.90. The number of carbonyl (C=O) groups is 1. The highest BCUT2D eigenvalue weighted by Crippen LogP contribution is 2.23. The molecule has 1 aromatic carbocycles. The van der Waals surface area contributed by atoms with Gasteiger partial charge in [0.2, 0.25) is 5.76 Å². The third-order valence-electron chi connectivity index (χ3n) is 2.52. The Labute approximate surface area is 116 Å². The zero-order chi connectivity index (χ0) is 14.0. The molecule has 0 saturated heterocycles. The lowest BCUT2D eigenvalue weighted by molar-refractivity contribution is 0.0661. The van der Waals surface area contributed by atoms with Crippen molar-refractivity contribution in [1.82, 2.24) is 0 Å². The molecular weight excluding hydrogens is 319 g/mol. The van der Waals surface area contributed by atoms with Crippen LogP contribution in [0.15, 0.2) is 33.2 Å². The number of carboxylic acids is 1. The first kappa shape index (κ1) is 13.6. The second-order valence-corrected chi connectivity index (χ2v) is 4.72. The molecule has 0 aliphatic rings. The van der Waals surface area contributed by atoms with Gasteiger partial charge in [0.1, 0.15) is 23.9 Å². The fraction of sp³-hybridized carbons (Fsp3) is 0.154. The van der Waals surface area contributed by atoms with E-state index in [1.807, 2.05) is 0 Å². The van der Waals surface area contributed by atoms with Crippen LogP contribution in [0.1, 0.15) is 21.9 Å². The molecule has 0 aliphatic carbocycles. The Bertz CT molecular complexity index is 621. The summed E-state index contributed by atoms with van der Waals surface area (Å²) in [5, 5.41) is 8.79. The van der Waals surface area contributed by atoms with Crippen LogP contribution in [-0.4, -0.2) is 11.1 Å². The Morgan fingerprint density at radius 2 is 2.21 bits per heavy atom. The molecule has 0 bridgehead atoms. The summed E-state index contributed by atoms with van der Waals surface area (Å²) in [6.45, 7) is 1.76. The predicted octanol–water partition coefficient (Wildman–Crippen LogP) is 3.77. The summed E-state index contributed by atoms with van der Waals surface area (Å²) in [7, 11) is 0. The maximum absolute atomic E-state index is 13.3. The lowest BCUT2D eigenvalue weighted by Crippen LogP contribution is -1.96. The number of aromatic carboxylic acids is 1. The number of rotatable bonds is 4. The number of furan rings is 1. The van der Waals surface area contributed by atoms with Crippen molar-refractivity contribution in [3.63, 3.8) is 0 Å². The maximum atomic E-state index is 13.3. The van der Waals surface area contributed by atoms with Crippen molar-refractivity contribution in [3.05, 3.63) is 51.6 Å². The highest BCUT2D eigenvalue weighted by atomic mass is 79.9. The SMILES string of the molecule is Cc1oc(C(=O)O)cc1COc1ccc(Br)c(F)c1. The van der Waals surface area contributed by atoms with Crippen molar-refractivity contribution in [2.45, 2.75) is 13.5 Å². The van der Waals surface area contributed by atoms with Crippen LogP contribution in [0.2, 0.25) is 0 Å². The van der Waals surface area contributed by atoms with Crippen LogP contribution in [0.3, 0.4) is 0 Å². The highest BCUT2D eigenvalue weighted by Gasteiger charge is 2.13. The molecule has 19 heavy (non-hydrogen) atoms. The Morgan fingerprint density at radius 3 is 2.79 bits per heavy atom. The van der Waals surface area contributed by atoms with Gasteiger partial charge in [0.25, 0.3) is 0 Å². The molecule has 0 fully saturated rings. The van der Waals surface area contributed by atoms with Gasteiger partial charge >= 0.3 is 5.97 Å². The van der Waals surface area contributed by atoms with Crippen LogP contribution < -0.4 is 4.74 Å². The van der Waals surface area contributed by atoms with Crippen molar-refractivity contribution in [2.75, 3.05) is 0 Å². The van der Waals surface area contributed by atoms with E-state index in [4.69, 9.17) is 14.3 Å². The molecule has 0 unspecified atom stereocenters. The van der Waals surface area contributed by atoms with Crippen molar-refractivity contribution < 1.29 is 23.4 Å². The third kappa shape index (κ3) is 3.14. The highest BCUT2D eigenvalue weighted by molar-refractivity contribution is 9.10.